The number of fused-ring (bicyclic) bond motifs is 1. The van der Waals surface area contributed by atoms with Gasteiger partial charge in [-0.05, 0) is 37.7 Å². The molecule has 1 unspecified atom stereocenters. The molecule has 0 radical (unpaired) electrons. The van der Waals surface area contributed by atoms with Crippen molar-refractivity contribution in [3.05, 3.63) is 11.6 Å². The average Bonchev–Trinajstić information content (AvgIpc) is 2.28. The van der Waals surface area contributed by atoms with E-state index in [0.717, 1.165) is 18.8 Å². The van der Waals surface area contributed by atoms with Gasteiger partial charge < -0.3 is 0 Å². The zero-order chi connectivity index (χ0) is 8.39. The topological polar surface area (TPSA) is 17.1 Å². The molecular weight excluding hydrogens is 148 g/mol. The first-order valence-corrected chi connectivity index (χ1v) is 5.09. The van der Waals surface area contributed by atoms with E-state index in [1.165, 1.54) is 37.7 Å². The van der Waals surface area contributed by atoms with Crippen molar-refractivity contribution >= 4 is 5.78 Å². The molecule has 0 spiro atoms. The summed E-state index contributed by atoms with van der Waals surface area (Å²) in [5, 5.41) is 0. The zero-order valence-corrected chi connectivity index (χ0v) is 7.51. The van der Waals surface area contributed by atoms with E-state index in [1.807, 2.05) is 6.08 Å². The van der Waals surface area contributed by atoms with E-state index < -0.39 is 0 Å². The third kappa shape index (κ3) is 1.60. The van der Waals surface area contributed by atoms with Crippen LogP contribution in [0.15, 0.2) is 11.6 Å². The second-order valence-electron chi connectivity index (χ2n) is 4.02. The maximum absolute atomic E-state index is 11.2. The Morgan fingerprint density at radius 1 is 1.08 bits per heavy atom. The number of ketones is 1. The zero-order valence-electron chi connectivity index (χ0n) is 7.51. The van der Waals surface area contributed by atoms with Gasteiger partial charge in [0.2, 0.25) is 0 Å². The molecule has 1 atom stereocenters. The van der Waals surface area contributed by atoms with Gasteiger partial charge in [-0.3, -0.25) is 4.79 Å². The summed E-state index contributed by atoms with van der Waals surface area (Å²) in [6.07, 6.45) is 10.4. The van der Waals surface area contributed by atoms with Crippen LogP contribution in [-0.4, -0.2) is 5.78 Å². The highest BCUT2D eigenvalue weighted by Gasteiger charge is 2.22. The predicted molar refractivity (Wildman–Crippen MR) is 48.9 cm³/mol. The summed E-state index contributed by atoms with van der Waals surface area (Å²) < 4.78 is 0. The fraction of sp³-hybridized carbons (Fsp3) is 0.727. The molecule has 0 heterocycles. The highest BCUT2D eigenvalue weighted by molar-refractivity contribution is 5.91. The number of allylic oxidation sites excluding steroid dienone is 2. The quantitative estimate of drug-likeness (QED) is 0.538. The summed E-state index contributed by atoms with van der Waals surface area (Å²) in [6.45, 7) is 0. The van der Waals surface area contributed by atoms with E-state index >= 15 is 0 Å². The molecule has 2 aliphatic carbocycles. The summed E-state index contributed by atoms with van der Waals surface area (Å²) in [4.78, 5) is 11.2. The molecule has 2 aliphatic rings. The molecule has 0 aromatic carbocycles. The maximum atomic E-state index is 11.2. The second-order valence-corrected chi connectivity index (χ2v) is 4.02. The lowest BCUT2D eigenvalue weighted by Crippen LogP contribution is -2.12. The van der Waals surface area contributed by atoms with Crippen LogP contribution in [0.3, 0.4) is 0 Å². The van der Waals surface area contributed by atoms with Gasteiger partial charge in [-0.25, -0.2) is 0 Å². The summed E-state index contributed by atoms with van der Waals surface area (Å²) >= 11 is 0. The Bertz CT molecular complexity index is 215. The van der Waals surface area contributed by atoms with Crippen LogP contribution < -0.4 is 0 Å². The molecule has 1 fully saturated rings. The Hall–Kier alpha value is -0.590. The molecule has 0 N–H and O–H groups in total. The van der Waals surface area contributed by atoms with Gasteiger partial charge in [0.05, 0.1) is 0 Å². The second kappa shape index (κ2) is 3.42. The van der Waals surface area contributed by atoms with Crippen molar-refractivity contribution in [1.82, 2.24) is 0 Å². The van der Waals surface area contributed by atoms with Crippen molar-refractivity contribution in [2.45, 2.75) is 44.9 Å². The normalized spacial score (nSPS) is 30.5. The van der Waals surface area contributed by atoms with Gasteiger partial charge in [0, 0.05) is 6.42 Å². The van der Waals surface area contributed by atoms with Gasteiger partial charge >= 0.3 is 0 Å². The summed E-state index contributed by atoms with van der Waals surface area (Å²) in [5.74, 6) is 1.13. The molecule has 1 saturated carbocycles. The van der Waals surface area contributed by atoms with Crippen LogP contribution in [0.5, 0.6) is 0 Å². The van der Waals surface area contributed by atoms with Gasteiger partial charge in [-0.1, -0.05) is 18.4 Å². The summed E-state index contributed by atoms with van der Waals surface area (Å²) in [5.41, 5.74) is 1.46. The van der Waals surface area contributed by atoms with Gasteiger partial charge in [-0.2, -0.15) is 0 Å². The van der Waals surface area contributed by atoms with Crippen LogP contribution in [0, 0.1) is 5.92 Å². The Morgan fingerprint density at radius 2 is 2.00 bits per heavy atom. The number of carbonyl (C=O) groups is 1. The Kier molecular flexibility index (Phi) is 2.29. The molecule has 0 aromatic heterocycles. The van der Waals surface area contributed by atoms with Gasteiger partial charge in [0.1, 0.15) is 0 Å². The van der Waals surface area contributed by atoms with Crippen molar-refractivity contribution in [1.29, 1.82) is 0 Å². The lowest BCUT2D eigenvalue weighted by Gasteiger charge is -2.20. The van der Waals surface area contributed by atoms with Crippen molar-refractivity contribution in [2.75, 3.05) is 0 Å². The Morgan fingerprint density at radius 3 is 2.92 bits per heavy atom. The first kappa shape index (κ1) is 8.03. The number of hydrogen-bond donors (Lipinski definition) is 0. The van der Waals surface area contributed by atoms with E-state index in [4.69, 9.17) is 0 Å². The SMILES string of the molecule is O=C1C=C2CCCCCC2CC1. The van der Waals surface area contributed by atoms with Crippen LogP contribution in [0.25, 0.3) is 0 Å². The fourth-order valence-corrected chi connectivity index (χ4v) is 2.40. The molecular formula is C11H16O. The molecule has 2 rings (SSSR count). The molecule has 1 heteroatoms. The molecule has 1 nitrogen and oxygen atoms in total. The number of rotatable bonds is 0. The molecule has 12 heavy (non-hydrogen) atoms. The van der Waals surface area contributed by atoms with Crippen LogP contribution in [0.1, 0.15) is 44.9 Å². The van der Waals surface area contributed by atoms with Crippen molar-refractivity contribution in [3.63, 3.8) is 0 Å². The van der Waals surface area contributed by atoms with Gasteiger partial charge in [0.15, 0.2) is 5.78 Å². The van der Waals surface area contributed by atoms with E-state index in [1.54, 1.807) is 0 Å². The molecule has 0 bridgehead atoms. The van der Waals surface area contributed by atoms with Crippen molar-refractivity contribution in [2.24, 2.45) is 5.92 Å². The summed E-state index contributed by atoms with van der Waals surface area (Å²) in [6, 6.07) is 0. The highest BCUT2D eigenvalue weighted by Crippen LogP contribution is 2.34. The Labute approximate surface area is 73.8 Å². The highest BCUT2D eigenvalue weighted by atomic mass is 16.1. The van der Waals surface area contributed by atoms with E-state index in [2.05, 4.69) is 0 Å². The maximum Gasteiger partial charge on any atom is 0.155 e. The first-order chi connectivity index (χ1) is 5.86. The minimum absolute atomic E-state index is 0.364. The first-order valence-electron chi connectivity index (χ1n) is 5.09. The van der Waals surface area contributed by atoms with E-state index in [-0.39, 0.29) is 0 Å². The van der Waals surface area contributed by atoms with Crippen molar-refractivity contribution < 1.29 is 4.79 Å². The summed E-state index contributed by atoms with van der Waals surface area (Å²) in [7, 11) is 0. The van der Waals surface area contributed by atoms with Crippen LogP contribution >= 0.6 is 0 Å². The molecule has 0 amide bonds. The van der Waals surface area contributed by atoms with Crippen LogP contribution in [0.2, 0.25) is 0 Å². The van der Waals surface area contributed by atoms with Gasteiger partial charge in [0.25, 0.3) is 0 Å². The number of carbonyl (C=O) groups excluding carboxylic acids is 1. The van der Waals surface area contributed by atoms with Gasteiger partial charge in [-0.15, -0.1) is 0 Å². The lowest BCUT2D eigenvalue weighted by molar-refractivity contribution is -0.115. The largest absolute Gasteiger partial charge is 0.295 e. The van der Waals surface area contributed by atoms with Crippen LogP contribution in [0.4, 0.5) is 0 Å². The monoisotopic (exact) mass is 164 g/mol. The van der Waals surface area contributed by atoms with Crippen molar-refractivity contribution in [3.8, 4) is 0 Å². The molecule has 66 valence electrons. The smallest absolute Gasteiger partial charge is 0.155 e. The number of hydrogen-bond acceptors (Lipinski definition) is 1. The fourth-order valence-electron chi connectivity index (χ4n) is 2.40. The lowest BCUT2D eigenvalue weighted by atomic mass is 9.84. The minimum atomic E-state index is 0.364. The molecule has 0 aromatic rings. The van der Waals surface area contributed by atoms with E-state index in [9.17, 15) is 4.79 Å². The third-order valence-corrected chi connectivity index (χ3v) is 3.13. The van der Waals surface area contributed by atoms with E-state index in [0.29, 0.717) is 5.78 Å². The molecule has 0 aliphatic heterocycles. The minimum Gasteiger partial charge on any atom is -0.295 e. The third-order valence-electron chi connectivity index (χ3n) is 3.13. The Balaban J connectivity index is 2.15. The average molecular weight is 164 g/mol. The predicted octanol–water partition coefficient (Wildman–Crippen LogP) is 2.86. The molecule has 0 saturated heterocycles. The standard InChI is InChI=1S/C11H16O/c12-11-7-6-9-4-2-1-3-5-10(9)8-11/h8-9H,1-7H2. The van der Waals surface area contributed by atoms with Crippen LogP contribution in [-0.2, 0) is 4.79 Å².